The molecule has 1 aliphatic heterocycles. The van der Waals surface area contributed by atoms with Crippen LogP contribution in [-0.2, 0) is 22.7 Å². The van der Waals surface area contributed by atoms with Crippen LogP contribution in [0.4, 0.5) is 5.95 Å². The predicted molar refractivity (Wildman–Crippen MR) is 56.0 cm³/mol. The van der Waals surface area contributed by atoms with Crippen molar-refractivity contribution in [3.8, 4) is 0 Å². The fourth-order valence-corrected chi connectivity index (χ4v) is 1.57. The van der Waals surface area contributed by atoms with E-state index < -0.39 is 5.97 Å². The van der Waals surface area contributed by atoms with Gasteiger partial charge in [-0.15, -0.1) is 0 Å². The van der Waals surface area contributed by atoms with Gasteiger partial charge in [0.2, 0.25) is 5.95 Å². The number of hydrogen-bond donors (Lipinski definition) is 2. The van der Waals surface area contributed by atoms with Crippen molar-refractivity contribution in [2.75, 3.05) is 11.9 Å². The maximum Gasteiger partial charge on any atom is 0.305 e. The molecule has 6 heteroatoms. The Morgan fingerprint density at radius 2 is 2.31 bits per heavy atom. The molecule has 0 saturated heterocycles. The molecular weight excluding hydrogens is 210 g/mol. The molecule has 0 spiro atoms. The van der Waals surface area contributed by atoms with Crippen LogP contribution in [0, 0.1) is 6.92 Å². The topological polar surface area (TPSA) is 84.3 Å². The van der Waals surface area contributed by atoms with Crippen LogP contribution in [-0.4, -0.2) is 27.6 Å². The molecule has 2 N–H and O–H groups in total. The van der Waals surface area contributed by atoms with Crippen molar-refractivity contribution in [2.45, 2.75) is 26.6 Å². The molecule has 0 atom stereocenters. The van der Waals surface area contributed by atoms with E-state index >= 15 is 0 Å². The summed E-state index contributed by atoms with van der Waals surface area (Å²) in [7, 11) is 0. The van der Waals surface area contributed by atoms with Crippen molar-refractivity contribution >= 4 is 11.9 Å². The minimum Gasteiger partial charge on any atom is -0.481 e. The Bertz CT molecular complexity index is 420. The van der Waals surface area contributed by atoms with Crippen LogP contribution >= 0.6 is 0 Å². The van der Waals surface area contributed by atoms with E-state index in [9.17, 15) is 4.79 Å². The van der Waals surface area contributed by atoms with Crippen molar-refractivity contribution < 1.29 is 14.6 Å². The van der Waals surface area contributed by atoms with Gasteiger partial charge in [-0.2, -0.15) is 0 Å². The highest BCUT2D eigenvalue weighted by molar-refractivity contribution is 5.67. The monoisotopic (exact) mass is 223 g/mol. The van der Waals surface area contributed by atoms with E-state index in [4.69, 9.17) is 9.84 Å². The smallest absolute Gasteiger partial charge is 0.305 e. The minimum atomic E-state index is -0.839. The molecule has 0 amide bonds. The number of fused-ring (bicyclic) bond motifs is 1. The average molecular weight is 223 g/mol. The lowest BCUT2D eigenvalue weighted by molar-refractivity contribution is -0.136. The van der Waals surface area contributed by atoms with Crippen LogP contribution in [0.2, 0.25) is 0 Å². The van der Waals surface area contributed by atoms with E-state index in [1.165, 1.54) is 0 Å². The second-order valence-corrected chi connectivity index (χ2v) is 3.62. The zero-order valence-electron chi connectivity index (χ0n) is 8.99. The molecule has 0 radical (unpaired) electrons. The predicted octanol–water partition coefficient (Wildman–Crippen LogP) is 0.702. The van der Waals surface area contributed by atoms with Crippen molar-refractivity contribution in [3.05, 3.63) is 17.0 Å². The second kappa shape index (κ2) is 4.44. The van der Waals surface area contributed by atoms with Gasteiger partial charge in [0.1, 0.15) is 0 Å². The molecule has 0 bridgehead atoms. The highest BCUT2D eigenvalue weighted by Crippen LogP contribution is 2.21. The van der Waals surface area contributed by atoms with Crippen molar-refractivity contribution in [2.24, 2.45) is 0 Å². The average Bonchev–Trinajstić information content (AvgIpc) is 2.65. The Morgan fingerprint density at radius 3 is 3.06 bits per heavy atom. The summed E-state index contributed by atoms with van der Waals surface area (Å²) in [5.74, 6) is -0.364. The molecule has 0 unspecified atom stereocenters. The molecule has 0 aliphatic carbocycles. The largest absolute Gasteiger partial charge is 0.481 e. The Labute approximate surface area is 92.7 Å². The number of aryl methyl sites for hydroxylation is 1. The lowest BCUT2D eigenvalue weighted by Gasteiger charge is -2.06. The summed E-state index contributed by atoms with van der Waals surface area (Å²) in [6.45, 7) is 3.30. The fraction of sp³-hybridized carbons (Fsp3) is 0.500. The van der Waals surface area contributed by atoms with Gasteiger partial charge in [-0.1, -0.05) is 0 Å². The lowest BCUT2D eigenvalue weighted by atomic mass is 10.2. The molecule has 16 heavy (non-hydrogen) atoms. The molecular formula is C10H13N3O3. The van der Waals surface area contributed by atoms with Crippen molar-refractivity contribution in [3.63, 3.8) is 0 Å². The first-order chi connectivity index (χ1) is 7.66. The van der Waals surface area contributed by atoms with Gasteiger partial charge in [-0.25, -0.2) is 9.97 Å². The SMILES string of the molecule is Cc1nc(NCCC(=O)O)nc2c1COC2. The van der Waals surface area contributed by atoms with E-state index in [-0.39, 0.29) is 6.42 Å². The summed E-state index contributed by atoms with van der Waals surface area (Å²) < 4.78 is 5.27. The zero-order chi connectivity index (χ0) is 11.5. The van der Waals surface area contributed by atoms with Gasteiger partial charge < -0.3 is 15.2 Å². The Kier molecular flexibility index (Phi) is 3.00. The highest BCUT2D eigenvalue weighted by atomic mass is 16.5. The first-order valence-electron chi connectivity index (χ1n) is 5.06. The number of hydrogen-bond acceptors (Lipinski definition) is 5. The van der Waals surface area contributed by atoms with Crippen LogP contribution in [0.25, 0.3) is 0 Å². The molecule has 2 heterocycles. The third kappa shape index (κ3) is 2.27. The van der Waals surface area contributed by atoms with Gasteiger partial charge in [0, 0.05) is 17.8 Å². The number of nitrogens with one attached hydrogen (secondary N) is 1. The highest BCUT2D eigenvalue weighted by Gasteiger charge is 2.17. The van der Waals surface area contributed by atoms with Gasteiger partial charge in [0.15, 0.2) is 0 Å². The van der Waals surface area contributed by atoms with Crippen LogP contribution in [0.5, 0.6) is 0 Å². The number of nitrogens with zero attached hydrogens (tertiary/aromatic N) is 2. The fourth-order valence-electron chi connectivity index (χ4n) is 1.57. The Morgan fingerprint density at radius 1 is 1.50 bits per heavy atom. The maximum atomic E-state index is 10.3. The third-order valence-corrected chi connectivity index (χ3v) is 2.41. The summed E-state index contributed by atoms with van der Waals surface area (Å²) in [6, 6.07) is 0. The molecule has 0 fully saturated rings. The van der Waals surface area contributed by atoms with Crippen LogP contribution in [0.3, 0.4) is 0 Å². The van der Waals surface area contributed by atoms with Crippen molar-refractivity contribution in [1.29, 1.82) is 0 Å². The number of aromatic nitrogens is 2. The number of carboxylic acids is 1. The molecule has 1 aromatic heterocycles. The van der Waals surface area contributed by atoms with E-state index in [2.05, 4.69) is 15.3 Å². The molecule has 0 saturated carbocycles. The van der Waals surface area contributed by atoms with Gasteiger partial charge in [0.05, 0.1) is 25.3 Å². The first-order valence-corrected chi connectivity index (χ1v) is 5.06. The number of aliphatic carboxylic acids is 1. The second-order valence-electron chi connectivity index (χ2n) is 3.62. The van der Waals surface area contributed by atoms with Gasteiger partial charge in [-0.05, 0) is 6.92 Å². The van der Waals surface area contributed by atoms with Crippen LogP contribution in [0.15, 0.2) is 0 Å². The maximum absolute atomic E-state index is 10.3. The van der Waals surface area contributed by atoms with Gasteiger partial charge in [0.25, 0.3) is 0 Å². The van der Waals surface area contributed by atoms with E-state index in [0.717, 1.165) is 17.0 Å². The summed E-state index contributed by atoms with van der Waals surface area (Å²) in [5, 5.41) is 11.4. The number of ether oxygens (including phenoxy) is 1. The van der Waals surface area contributed by atoms with E-state index in [1.807, 2.05) is 6.92 Å². The summed E-state index contributed by atoms with van der Waals surface area (Å²) >= 11 is 0. The summed E-state index contributed by atoms with van der Waals surface area (Å²) in [5.41, 5.74) is 2.83. The number of carboxylic acid groups (broad SMARTS) is 1. The molecule has 1 aromatic rings. The quantitative estimate of drug-likeness (QED) is 0.781. The van der Waals surface area contributed by atoms with E-state index in [1.54, 1.807) is 0 Å². The minimum absolute atomic E-state index is 0.0516. The Hall–Kier alpha value is -1.69. The van der Waals surface area contributed by atoms with Gasteiger partial charge in [-0.3, -0.25) is 4.79 Å². The summed E-state index contributed by atoms with van der Waals surface area (Å²) in [6.07, 6.45) is 0.0516. The molecule has 2 rings (SSSR count). The first kappa shape index (κ1) is 10.8. The standard InChI is InChI=1S/C10H13N3O3/c1-6-7-4-16-5-8(7)13-10(12-6)11-3-2-9(14)15/h2-5H2,1H3,(H,14,15)(H,11,12,13). The number of carbonyl (C=O) groups is 1. The molecule has 0 aromatic carbocycles. The lowest BCUT2D eigenvalue weighted by Crippen LogP contribution is -2.11. The van der Waals surface area contributed by atoms with Crippen molar-refractivity contribution in [1.82, 2.24) is 9.97 Å². The number of rotatable bonds is 4. The zero-order valence-corrected chi connectivity index (χ0v) is 8.99. The van der Waals surface area contributed by atoms with Crippen LogP contribution < -0.4 is 5.32 Å². The Balaban J connectivity index is 2.05. The molecule has 6 nitrogen and oxygen atoms in total. The van der Waals surface area contributed by atoms with Gasteiger partial charge >= 0.3 is 5.97 Å². The summed E-state index contributed by atoms with van der Waals surface area (Å²) in [4.78, 5) is 18.9. The van der Waals surface area contributed by atoms with E-state index in [0.29, 0.717) is 25.7 Å². The third-order valence-electron chi connectivity index (χ3n) is 2.41. The van der Waals surface area contributed by atoms with Crippen LogP contribution in [0.1, 0.15) is 23.4 Å². The number of anilines is 1. The molecule has 86 valence electrons. The normalized spacial score (nSPS) is 13.6. The molecule has 1 aliphatic rings.